The van der Waals surface area contributed by atoms with Crippen molar-refractivity contribution in [3.8, 4) is 0 Å². The second-order valence-electron chi connectivity index (χ2n) is 10.8. The molecule has 196 valence electrons. The number of Topliss-reactive ketones (excluding diaryl/α,β-unsaturated/α-hetero) is 1. The Balaban J connectivity index is 2.02. The first-order chi connectivity index (χ1) is 15.8. The molecule has 3 saturated carbocycles. The Morgan fingerprint density at radius 3 is 2.23 bits per heavy atom. The molecule has 0 bridgehead atoms. The fraction of sp³-hybridized carbons (Fsp3) is 0.739. The molecule has 12 heteroatoms. The van der Waals surface area contributed by atoms with Crippen LogP contribution in [0.3, 0.4) is 0 Å². The van der Waals surface area contributed by atoms with E-state index in [4.69, 9.17) is 31.6 Å². The zero-order valence-electron chi connectivity index (χ0n) is 20.2. The summed E-state index contributed by atoms with van der Waals surface area (Å²) in [5.74, 6) is -1.84. The van der Waals surface area contributed by atoms with Gasteiger partial charge < -0.3 is 0 Å². The molecule has 0 saturated heterocycles. The van der Waals surface area contributed by atoms with E-state index in [1.165, 1.54) is 19.1 Å². The Morgan fingerprint density at radius 1 is 1.09 bits per heavy atom. The molecule has 0 aromatic rings. The summed E-state index contributed by atoms with van der Waals surface area (Å²) in [5.41, 5.74) is -1.56. The summed E-state index contributed by atoms with van der Waals surface area (Å²) in [6.07, 6.45) is 4.60. The minimum atomic E-state index is -4.13. The fourth-order valence-electron chi connectivity index (χ4n) is 7.39. The van der Waals surface area contributed by atoms with Crippen LogP contribution in [0.2, 0.25) is 0 Å². The molecule has 9 atom stereocenters. The number of ketones is 2. The number of halogens is 2. The molecule has 4 rings (SSSR count). The van der Waals surface area contributed by atoms with Gasteiger partial charge in [0, 0.05) is 17.3 Å². The van der Waals surface area contributed by atoms with Crippen molar-refractivity contribution in [2.75, 3.05) is 12.5 Å². The van der Waals surface area contributed by atoms with Gasteiger partial charge in [-0.15, -0.1) is 23.2 Å². The van der Waals surface area contributed by atoms with Crippen LogP contribution in [-0.4, -0.2) is 63.4 Å². The highest BCUT2D eigenvalue weighted by atomic mass is 35.5. The Bertz CT molecular complexity index is 1240. The van der Waals surface area contributed by atoms with Crippen LogP contribution in [-0.2, 0) is 38.2 Å². The van der Waals surface area contributed by atoms with Crippen molar-refractivity contribution in [3.05, 3.63) is 23.8 Å². The predicted molar refractivity (Wildman–Crippen MR) is 131 cm³/mol. The Morgan fingerprint density at radius 2 is 1.69 bits per heavy atom. The molecule has 0 aromatic carbocycles. The van der Waals surface area contributed by atoms with Crippen molar-refractivity contribution in [1.29, 1.82) is 0 Å². The molecule has 4 aliphatic rings. The van der Waals surface area contributed by atoms with E-state index in [9.17, 15) is 26.4 Å². The second-order valence-corrected chi connectivity index (χ2v) is 15.2. The van der Waals surface area contributed by atoms with Gasteiger partial charge in [-0.1, -0.05) is 19.9 Å². The van der Waals surface area contributed by atoms with Crippen molar-refractivity contribution >= 4 is 55.0 Å². The van der Waals surface area contributed by atoms with E-state index in [-0.39, 0.29) is 23.2 Å². The first kappa shape index (κ1) is 27.3. The first-order valence-electron chi connectivity index (χ1n) is 11.4. The Labute approximate surface area is 216 Å². The van der Waals surface area contributed by atoms with Crippen molar-refractivity contribution in [2.45, 2.75) is 62.5 Å². The number of fused-ring (bicyclic) bond motifs is 5. The normalized spacial score (nSPS) is 45.3. The third-order valence-electron chi connectivity index (χ3n) is 8.69. The number of hydrogen-bond acceptors (Lipinski definition) is 8. The molecule has 0 aliphatic heterocycles. The van der Waals surface area contributed by atoms with Gasteiger partial charge in [0.15, 0.2) is 5.78 Å². The number of hydrogen-bond donors (Lipinski definition) is 0. The summed E-state index contributed by atoms with van der Waals surface area (Å²) < 4.78 is 60.7. The van der Waals surface area contributed by atoms with Gasteiger partial charge in [0.1, 0.15) is 18.0 Å². The van der Waals surface area contributed by atoms with E-state index < -0.39 is 65.2 Å². The van der Waals surface area contributed by atoms with Crippen LogP contribution >= 0.6 is 23.2 Å². The number of allylic oxidation sites excluding steroid dienone is 3. The van der Waals surface area contributed by atoms with Gasteiger partial charge >= 0.3 is 0 Å². The molecule has 35 heavy (non-hydrogen) atoms. The van der Waals surface area contributed by atoms with Crippen LogP contribution in [0.25, 0.3) is 0 Å². The van der Waals surface area contributed by atoms with Crippen molar-refractivity contribution in [1.82, 2.24) is 0 Å². The maximum atomic E-state index is 12.6. The summed E-state index contributed by atoms with van der Waals surface area (Å²) in [7, 11) is -8.25. The van der Waals surface area contributed by atoms with Crippen LogP contribution in [0.15, 0.2) is 23.8 Å². The Hall–Kier alpha value is -0.780. The first-order valence-corrected chi connectivity index (χ1v) is 15.8. The average molecular weight is 570 g/mol. The van der Waals surface area contributed by atoms with E-state index in [1.54, 1.807) is 13.0 Å². The van der Waals surface area contributed by atoms with Crippen LogP contribution < -0.4 is 0 Å². The molecule has 3 unspecified atom stereocenters. The lowest BCUT2D eigenvalue weighted by Crippen LogP contribution is -2.72. The fourth-order valence-corrected chi connectivity index (χ4v) is 9.83. The summed E-state index contributed by atoms with van der Waals surface area (Å²) in [6.45, 7) is 5.25. The summed E-state index contributed by atoms with van der Waals surface area (Å²) >= 11 is 14.6. The molecular weight excluding hydrogens is 539 g/mol. The molecule has 0 spiro atoms. The maximum absolute atomic E-state index is 12.6. The van der Waals surface area contributed by atoms with Gasteiger partial charge in [0.2, 0.25) is 0 Å². The highest BCUT2D eigenvalue weighted by Gasteiger charge is 2.74. The van der Waals surface area contributed by atoms with Gasteiger partial charge in [0.25, 0.3) is 20.2 Å². The molecule has 0 amide bonds. The molecule has 8 nitrogen and oxygen atoms in total. The highest BCUT2D eigenvalue weighted by molar-refractivity contribution is 7.86. The Kier molecular flexibility index (Phi) is 6.51. The van der Waals surface area contributed by atoms with Gasteiger partial charge in [-0.25, -0.2) is 0 Å². The minimum absolute atomic E-state index is 0.0104. The number of alkyl halides is 2. The van der Waals surface area contributed by atoms with Crippen LogP contribution in [0.4, 0.5) is 0 Å². The third kappa shape index (κ3) is 4.16. The van der Waals surface area contributed by atoms with E-state index >= 15 is 0 Å². The average Bonchev–Trinajstić information content (AvgIpc) is 3.02. The van der Waals surface area contributed by atoms with E-state index in [1.807, 2.05) is 6.92 Å². The van der Waals surface area contributed by atoms with Crippen molar-refractivity contribution in [3.63, 3.8) is 0 Å². The lowest BCUT2D eigenvalue weighted by molar-refractivity contribution is -0.132. The number of carbonyl (C=O) groups excluding carboxylic acids is 2. The highest BCUT2D eigenvalue weighted by Crippen LogP contribution is 2.71. The van der Waals surface area contributed by atoms with Gasteiger partial charge in [0.05, 0.1) is 22.8 Å². The standard InChI is InChI=1S/C23H30Cl2O8S2/c1-12(26)14-6-7-15-18-20(33-35(5,30)31)19(32-34(4,28)29)16-10-13(27)8-9-22(16,3)23(18,25)17(24)11-21(14,15)2/h8-10,14-15,17-20H,6-7,11H2,1-5H3/t14-,15+,17?,18-,19?,20?,21-,22+,23-/m1/s1. The lowest BCUT2D eigenvalue weighted by Gasteiger charge is -2.65. The lowest BCUT2D eigenvalue weighted by atomic mass is 9.45. The van der Waals surface area contributed by atoms with E-state index in [0.29, 0.717) is 19.3 Å². The zero-order valence-corrected chi connectivity index (χ0v) is 23.3. The van der Waals surface area contributed by atoms with Gasteiger partial charge in [-0.05, 0) is 55.2 Å². The van der Waals surface area contributed by atoms with Gasteiger partial charge in [-0.2, -0.15) is 16.8 Å². The quantitative estimate of drug-likeness (QED) is 0.366. The maximum Gasteiger partial charge on any atom is 0.265 e. The van der Waals surface area contributed by atoms with Crippen LogP contribution in [0.1, 0.15) is 40.0 Å². The third-order valence-corrected chi connectivity index (χ3v) is 11.3. The molecule has 0 aromatic heterocycles. The largest absolute Gasteiger partial charge is 0.300 e. The van der Waals surface area contributed by atoms with Crippen LogP contribution in [0.5, 0.6) is 0 Å². The summed E-state index contributed by atoms with van der Waals surface area (Å²) in [5, 5.41) is -0.758. The molecule has 4 aliphatic carbocycles. The molecular formula is C23H30Cl2O8S2. The zero-order chi connectivity index (χ0) is 26.4. The molecule has 0 heterocycles. The summed E-state index contributed by atoms with van der Waals surface area (Å²) in [4.78, 5) is 23.6. The minimum Gasteiger partial charge on any atom is -0.300 e. The SMILES string of the molecule is CC(=O)[C@H]1CC[C@H]2[C@@H]3C(OS(C)(=O)=O)C(OS(C)(=O)=O)C4=CC(=O)C=C[C@]4(C)[C@@]3(Cl)C(Cl)C[C@]12C. The van der Waals surface area contributed by atoms with Crippen LogP contribution in [0, 0.1) is 28.6 Å². The number of rotatable bonds is 5. The van der Waals surface area contributed by atoms with Gasteiger partial charge in [-0.3, -0.25) is 18.0 Å². The summed E-state index contributed by atoms with van der Waals surface area (Å²) in [6, 6.07) is 0. The number of carbonyl (C=O) groups is 2. The topological polar surface area (TPSA) is 121 Å². The smallest absolute Gasteiger partial charge is 0.265 e. The van der Waals surface area contributed by atoms with E-state index in [2.05, 4.69) is 0 Å². The van der Waals surface area contributed by atoms with Crippen molar-refractivity contribution in [2.24, 2.45) is 28.6 Å². The monoisotopic (exact) mass is 568 g/mol. The molecule has 0 N–H and O–H groups in total. The molecule has 3 fully saturated rings. The van der Waals surface area contributed by atoms with E-state index in [0.717, 1.165) is 12.5 Å². The molecule has 0 radical (unpaired) electrons. The predicted octanol–water partition coefficient (Wildman–Crippen LogP) is 2.99. The van der Waals surface area contributed by atoms with Crippen molar-refractivity contribution < 1.29 is 34.8 Å². The second kappa shape index (κ2) is 8.36.